The summed E-state index contributed by atoms with van der Waals surface area (Å²) >= 11 is 0. The molecule has 0 aliphatic rings. The first-order valence-electron chi connectivity index (χ1n) is 7.04. The molecule has 0 atom stereocenters. The minimum Gasteiger partial charge on any atom is -0.543 e. The second-order valence-electron chi connectivity index (χ2n) is 5.08. The Labute approximate surface area is 181 Å². The van der Waals surface area contributed by atoms with Crippen LogP contribution < -0.4 is 66.0 Å². The molecule has 0 bridgehead atoms. The first-order valence-corrected chi connectivity index (χ1v) is 7.04. The third-order valence-corrected chi connectivity index (χ3v) is 3.56. The van der Waals surface area contributed by atoms with Crippen molar-refractivity contribution in [3.8, 4) is 11.6 Å². The van der Waals surface area contributed by atoms with Crippen molar-refractivity contribution in [3.63, 3.8) is 0 Å². The maximum atomic E-state index is 11.3. The molecular formula is C17H15KN2O4. The Morgan fingerprint density at radius 2 is 2.12 bits per heavy atom. The van der Waals surface area contributed by atoms with E-state index >= 15 is 0 Å². The Morgan fingerprint density at radius 3 is 2.83 bits per heavy atom. The van der Waals surface area contributed by atoms with E-state index in [0.717, 1.165) is 11.1 Å². The van der Waals surface area contributed by atoms with Crippen LogP contribution in [-0.4, -0.2) is 22.5 Å². The van der Waals surface area contributed by atoms with Gasteiger partial charge in [0.25, 0.3) is 0 Å². The maximum absolute atomic E-state index is 11.3. The summed E-state index contributed by atoms with van der Waals surface area (Å²) in [6.07, 6.45) is 3.28. The van der Waals surface area contributed by atoms with Gasteiger partial charge in [0.2, 0.25) is 5.88 Å². The molecule has 0 radical (unpaired) electrons. The van der Waals surface area contributed by atoms with Gasteiger partial charge in [-0.15, -0.1) is 0 Å². The molecule has 0 amide bonds. The van der Waals surface area contributed by atoms with Crippen molar-refractivity contribution in [2.45, 2.75) is 13.5 Å². The number of ether oxygens (including phenoxy) is 2. The van der Waals surface area contributed by atoms with Crippen molar-refractivity contribution in [2.75, 3.05) is 7.11 Å². The molecule has 118 valence electrons. The number of carboxylic acid groups (broad SMARTS) is 1. The van der Waals surface area contributed by atoms with Gasteiger partial charge < -0.3 is 23.8 Å². The number of rotatable bonds is 5. The number of pyridine rings is 2. The molecule has 0 aromatic carbocycles. The summed E-state index contributed by atoms with van der Waals surface area (Å²) < 4.78 is 12.5. The third kappa shape index (κ3) is 3.81. The number of carbonyl (C=O) groups excluding carboxylic acids is 1. The fourth-order valence-electron chi connectivity index (χ4n) is 2.51. The summed E-state index contributed by atoms with van der Waals surface area (Å²) in [6.45, 7) is 2.00. The number of aryl methyl sites for hydroxylation is 1. The van der Waals surface area contributed by atoms with E-state index in [-0.39, 0.29) is 63.7 Å². The molecule has 0 aliphatic heterocycles. The smallest absolute Gasteiger partial charge is 0.543 e. The molecule has 3 rings (SSSR count). The molecule has 3 heterocycles. The Hall–Kier alpha value is -1.38. The molecule has 6 nitrogen and oxygen atoms in total. The molecule has 0 unspecified atom stereocenters. The molecule has 7 heteroatoms. The van der Waals surface area contributed by atoms with E-state index in [2.05, 4.69) is 4.98 Å². The second-order valence-corrected chi connectivity index (χ2v) is 5.08. The third-order valence-electron chi connectivity index (χ3n) is 3.56. The SMILES string of the molecule is COc1ncccc1COc1ccc2cc(C)c(C(=O)[O-])n2c1.[K+]. The fraction of sp³-hybridized carbons (Fsp3) is 0.176. The Bertz CT molecular complexity index is 876. The van der Waals surface area contributed by atoms with Gasteiger partial charge in [-0.2, -0.15) is 0 Å². The summed E-state index contributed by atoms with van der Waals surface area (Å²) in [5.41, 5.74) is 2.35. The van der Waals surface area contributed by atoms with Gasteiger partial charge in [0.1, 0.15) is 12.4 Å². The largest absolute Gasteiger partial charge is 1.00 e. The maximum Gasteiger partial charge on any atom is 1.00 e. The van der Waals surface area contributed by atoms with Crippen molar-refractivity contribution < 1.29 is 70.8 Å². The number of carboxylic acids is 1. The predicted octanol–water partition coefficient (Wildman–Crippen LogP) is -1.40. The minimum absolute atomic E-state index is 0. The van der Waals surface area contributed by atoms with E-state index < -0.39 is 5.97 Å². The number of aromatic nitrogens is 2. The number of hydrogen-bond acceptors (Lipinski definition) is 5. The molecule has 0 aliphatic carbocycles. The standard InChI is InChI=1S/C17H16N2O4.K/c1-11-8-13-5-6-14(9-19(13)15(11)17(20)21)23-10-12-4-3-7-18-16(12)22-2;/h3-9H,10H2,1-2H3,(H,20,21);/q;+1/p-1. The van der Waals surface area contributed by atoms with Crippen LogP contribution in [0.25, 0.3) is 5.52 Å². The Morgan fingerprint density at radius 1 is 1.33 bits per heavy atom. The molecule has 0 saturated carbocycles. The molecule has 24 heavy (non-hydrogen) atoms. The van der Waals surface area contributed by atoms with Crippen LogP contribution in [0.15, 0.2) is 42.7 Å². The van der Waals surface area contributed by atoms with Gasteiger partial charge in [0, 0.05) is 11.7 Å². The molecule has 0 N–H and O–H groups in total. The van der Waals surface area contributed by atoms with E-state index in [1.807, 2.05) is 6.07 Å². The average Bonchev–Trinajstić information content (AvgIpc) is 2.88. The van der Waals surface area contributed by atoms with Crippen molar-refractivity contribution in [2.24, 2.45) is 0 Å². The summed E-state index contributed by atoms with van der Waals surface area (Å²) in [5.74, 6) is -0.170. The zero-order chi connectivity index (χ0) is 16.4. The van der Waals surface area contributed by atoms with Crippen LogP contribution in [0.3, 0.4) is 0 Å². The first kappa shape index (κ1) is 18.9. The molecule has 0 spiro atoms. The van der Waals surface area contributed by atoms with Gasteiger partial charge in [-0.3, -0.25) is 0 Å². The topological polar surface area (TPSA) is 75.9 Å². The zero-order valence-corrected chi connectivity index (χ0v) is 16.9. The van der Waals surface area contributed by atoms with E-state index in [1.165, 1.54) is 0 Å². The normalized spacial score (nSPS) is 10.2. The number of nitrogens with zero attached hydrogens (tertiary/aromatic N) is 2. The van der Waals surface area contributed by atoms with Crippen LogP contribution in [0.2, 0.25) is 0 Å². The molecular weight excluding hydrogens is 335 g/mol. The van der Waals surface area contributed by atoms with E-state index in [9.17, 15) is 9.90 Å². The Balaban J connectivity index is 0.00000208. The number of methoxy groups -OCH3 is 1. The number of aromatic carboxylic acids is 1. The monoisotopic (exact) mass is 350 g/mol. The number of fused-ring (bicyclic) bond motifs is 1. The minimum atomic E-state index is -1.21. The summed E-state index contributed by atoms with van der Waals surface area (Å²) in [6, 6.07) is 9.04. The van der Waals surface area contributed by atoms with Crippen LogP contribution in [0.1, 0.15) is 21.6 Å². The van der Waals surface area contributed by atoms with Gasteiger partial charge in [-0.1, -0.05) is 0 Å². The van der Waals surface area contributed by atoms with Gasteiger partial charge in [0.15, 0.2) is 0 Å². The zero-order valence-electron chi connectivity index (χ0n) is 13.8. The molecule has 0 fully saturated rings. The van der Waals surface area contributed by atoms with E-state index in [4.69, 9.17) is 9.47 Å². The van der Waals surface area contributed by atoms with Crippen molar-refractivity contribution in [3.05, 3.63) is 59.5 Å². The Kier molecular flexibility index (Phi) is 6.42. The van der Waals surface area contributed by atoms with Gasteiger partial charge in [-0.25, -0.2) is 4.98 Å². The summed E-state index contributed by atoms with van der Waals surface area (Å²) in [5, 5.41) is 11.3. The van der Waals surface area contributed by atoms with Gasteiger partial charge in [-0.05, 0) is 42.8 Å². The molecule has 3 aromatic rings. The predicted molar refractivity (Wildman–Crippen MR) is 81.6 cm³/mol. The van der Waals surface area contributed by atoms with Crippen LogP contribution in [0, 0.1) is 6.92 Å². The van der Waals surface area contributed by atoms with E-state index in [0.29, 0.717) is 17.2 Å². The second kappa shape index (κ2) is 8.13. The van der Waals surface area contributed by atoms with Crippen molar-refractivity contribution in [1.82, 2.24) is 9.38 Å². The number of carbonyl (C=O) groups is 1. The van der Waals surface area contributed by atoms with Crippen molar-refractivity contribution in [1.29, 1.82) is 0 Å². The number of hydrogen-bond donors (Lipinski definition) is 0. The summed E-state index contributed by atoms with van der Waals surface area (Å²) in [4.78, 5) is 15.4. The summed E-state index contributed by atoms with van der Waals surface area (Å²) in [7, 11) is 1.55. The van der Waals surface area contributed by atoms with Crippen LogP contribution >= 0.6 is 0 Å². The van der Waals surface area contributed by atoms with Crippen LogP contribution in [-0.2, 0) is 6.61 Å². The van der Waals surface area contributed by atoms with Crippen molar-refractivity contribution >= 4 is 11.5 Å². The van der Waals surface area contributed by atoms with Gasteiger partial charge >= 0.3 is 51.4 Å². The average molecular weight is 350 g/mol. The van der Waals surface area contributed by atoms with Crippen LogP contribution in [0.4, 0.5) is 0 Å². The molecule has 3 aromatic heterocycles. The first-order chi connectivity index (χ1) is 11.1. The van der Waals surface area contributed by atoms with Gasteiger partial charge in [0.05, 0.1) is 30.5 Å². The van der Waals surface area contributed by atoms with E-state index in [1.54, 1.807) is 55.1 Å². The quantitative estimate of drug-likeness (QED) is 0.529. The van der Waals surface area contributed by atoms with Crippen LogP contribution in [0.5, 0.6) is 11.6 Å². The molecule has 0 saturated heterocycles. The fourth-order valence-corrected chi connectivity index (χ4v) is 2.51.